The Hall–Kier alpha value is -2.04. The lowest BCUT2D eigenvalue weighted by atomic mass is 10.2. The van der Waals surface area contributed by atoms with Gasteiger partial charge in [-0.3, -0.25) is 9.59 Å². The van der Waals surface area contributed by atoms with Crippen molar-refractivity contribution in [2.45, 2.75) is 13.8 Å². The maximum absolute atomic E-state index is 11.4. The molecule has 5 nitrogen and oxygen atoms in total. The first kappa shape index (κ1) is 13.0. The minimum Gasteiger partial charge on any atom is -0.508 e. The van der Waals surface area contributed by atoms with Crippen LogP contribution >= 0.6 is 0 Å². The van der Waals surface area contributed by atoms with Crippen molar-refractivity contribution in [3.8, 4) is 5.75 Å². The van der Waals surface area contributed by atoms with Gasteiger partial charge in [0.15, 0.2) is 0 Å². The number of aromatic hydroxyl groups is 1. The van der Waals surface area contributed by atoms with Gasteiger partial charge in [-0.2, -0.15) is 0 Å². The number of rotatable bonds is 4. The summed E-state index contributed by atoms with van der Waals surface area (Å²) in [4.78, 5) is 23.5. The van der Waals surface area contributed by atoms with E-state index in [1.165, 1.54) is 30.9 Å². The van der Waals surface area contributed by atoms with Crippen molar-refractivity contribution in [3.05, 3.63) is 24.3 Å². The molecule has 0 aliphatic carbocycles. The second-order valence-electron chi connectivity index (χ2n) is 3.53. The first-order chi connectivity index (χ1) is 8.00. The molecule has 0 radical (unpaired) electrons. The molecule has 1 N–H and O–H groups in total. The van der Waals surface area contributed by atoms with Gasteiger partial charge in [-0.25, -0.2) is 0 Å². The van der Waals surface area contributed by atoms with Crippen molar-refractivity contribution in [1.29, 1.82) is 0 Å². The summed E-state index contributed by atoms with van der Waals surface area (Å²) in [6, 6.07) is 6.25. The molecule has 0 bridgehead atoms. The molecule has 17 heavy (non-hydrogen) atoms. The van der Waals surface area contributed by atoms with Crippen LogP contribution < -0.4 is 4.90 Å². The van der Waals surface area contributed by atoms with E-state index in [9.17, 15) is 9.59 Å². The Morgan fingerprint density at radius 1 is 1.24 bits per heavy atom. The molecule has 0 aliphatic rings. The second-order valence-corrected chi connectivity index (χ2v) is 3.53. The fraction of sp³-hybridized carbons (Fsp3) is 0.333. The maximum Gasteiger partial charge on any atom is 0.302 e. The van der Waals surface area contributed by atoms with E-state index in [0.29, 0.717) is 12.2 Å². The van der Waals surface area contributed by atoms with Crippen LogP contribution in [0.25, 0.3) is 0 Å². The number of nitrogens with zero attached hydrogens (tertiary/aromatic N) is 1. The molecule has 0 saturated carbocycles. The first-order valence-corrected chi connectivity index (χ1v) is 5.21. The van der Waals surface area contributed by atoms with Crippen molar-refractivity contribution < 1.29 is 19.4 Å². The minimum atomic E-state index is -0.376. The molecular weight excluding hydrogens is 222 g/mol. The molecule has 5 heteroatoms. The summed E-state index contributed by atoms with van der Waals surface area (Å²) in [6.07, 6.45) is 0. The van der Waals surface area contributed by atoms with E-state index in [1.54, 1.807) is 12.1 Å². The summed E-state index contributed by atoms with van der Waals surface area (Å²) in [6.45, 7) is 3.19. The Bertz CT molecular complexity index is 399. The van der Waals surface area contributed by atoms with E-state index in [2.05, 4.69) is 0 Å². The second kappa shape index (κ2) is 5.89. The highest BCUT2D eigenvalue weighted by Gasteiger charge is 2.11. The lowest BCUT2D eigenvalue weighted by Gasteiger charge is -2.20. The highest BCUT2D eigenvalue weighted by Crippen LogP contribution is 2.18. The van der Waals surface area contributed by atoms with E-state index < -0.39 is 0 Å². The number of carbonyl (C=O) groups excluding carboxylic acids is 2. The molecule has 0 unspecified atom stereocenters. The van der Waals surface area contributed by atoms with Gasteiger partial charge in [0.05, 0.1) is 6.54 Å². The van der Waals surface area contributed by atoms with E-state index in [0.717, 1.165) is 0 Å². The molecule has 92 valence electrons. The number of ether oxygens (including phenoxy) is 1. The van der Waals surface area contributed by atoms with Crippen molar-refractivity contribution in [2.75, 3.05) is 18.1 Å². The third-order valence-electron chi connectivity index (χ3n) is 2.16. The van der Waals surface area contributed by atoms with Crippen LogP contribution in [0.2, 0.25) is 0 Å². The number of phenolic OH excluding ortho intramolecular Hbond substituents is 1. The lowest BCUT2D eigenvalue weighted by molar-refractivity contribution is -0.140. The molecule has 0 saturated heterocycles. The lowest BCUT2D eigenvalue weighted by Crippen LogP contribution is -2.32. The fourth-order valence-corrected chi connectivity index (χ4v) is 1.38. The van der Waals surface area contributed by atoms with Crippen molar-refractivity contribution in [3.63, 3.8) is 0 Å². The van der Waals surface area contributed by atoms with Crippen LogP contribution in [-0.2, 0) is 14.3 Å². The van der Waals surface area contributed by atoms with Crippen LogP contribution in [0.5, 0.6) is 5.75 Å². The Morgan fingerprint density at radius 3 is 2.29 bits per heavy atom. The molecule has 1 aromatic carbocycles. The maximum atomic E-state index is 11.4. The van der Waals surface area contributed by atoms with E-state index in [-0.39, 0.29) is 24.2 Å². The van der Waals surface area contributed by atoms with Crippen LogP contribution in [0.4, 0.5) is 5.69 Å². The van der Waals surface area contributed by atoms with Crippen LogP contribution in [0.3, 0.4) is 0 Å². The Labute approximate surface area is 99.6 Å². The number of hydrogen-bond donors (Lipinski definition) is 1. The number of esters is 1. The third-order valence-corrected chi connectivity index (χ3v) is 2.16. The standard InChI is InChI=1S/C12H15NO4/c1-9(14)13(7-8-17-10(2)15)11-3-5-12(16)6-4-11/h3-6,16H,7-8H2,1-2H3. The van der Waals surface area contributed by atoms with Gasteiger partial charge < -0.3 is 14.7 Å². The summed E-state index contributed by atoms with van der Waals surface area (Å²) in [7, 11) is 0. The van der Waals surface area contributed by atoms with Crippen molar-refractivity contribution >= 4 is 17.6 Å². The van der Waals surface area contributed by atoms with E-state index >= 15 is 0 Å². The van der Waals surface area contributed by atoms with Crippen LogP contribution in [-0.4, -0.2) is 30.1 Å². The molecule has 0 aliphatic heterocycles. The normalized spacial score (nSPS) is 9.76. The summed E-state index contributed by atoms with van der Waals surface area (Å²) < 4.78 is 4.79. The summed E-state index contributed by atoms with van der Waals surface area (Å²) in [5, 5.41) is 9.15. The van der Waals surface area contributed by atoms with E-state index in [4.69, 9.17) is 9.84 Å². The van der Waals surface area contributed by atoms with Gasteiger partial charge >= 0.3 is 5.97 Å². The monoisotopic (exact) mass is 237 g/mol. The zero-order valence-electron chi connectivity index (χ0n) is 9.84. The summed E-state index contributed by atoms with van der Waals surface area (Å²) >= 11 is 0. The van der Waals surface area contributed by atoms with Gasteiger partial charge in [0.2, 0.25) is 5.91 Å². The molecule has 0 atom stereocenters. The van der Waals surface area contributed by atoms with Crippen LogP contribution in [0.15, 0.2) is 24.3 Å². The zero-order chi connectivity index (χ0) is 12.8. The van der Waals surface area contributed by atoms with Gasteiger partial charge in [0.1, 0.15) is 12.4 Å². The van der Waals surface area contributed by atoms with Crippen molar-refractivity contribution in [2.24, 2.45) is 0 Å². The molecule has 0 aromatic heterocycles. The quantitative estimate of drug-likeness (QED) is 0.802. The summed E-state index contributed by atoms with van der Waals surface area (Å²) in [5.74, 6) is -0.390. The molecule has 1 aromatic rings. The van der Waals surface area contributed by atoms with E-state index in [1.807, 2.05) is 0 Å². The van der Waals surface area contributed by atoms with Gasteiger partial charge in [-0.05, 0) is 24.3 Å². The highest BCUT2D eigenvalue weighted by molar-refractivity contribution is 5.91. The number of amides is 1. The Balaban J connectivity index is 2.69. The fourth-order valence-electron chi connectivity index (χ4n) is 1.38. The Morgan fingerprint density at radius 2 is 1.82 bits per heavy atom. The zero-order valence-corrected chi connectivity index (χ0v) is 9.84. The molecule has 0 spiro atoms. The topological polar surface area (TPSA) is 66.8 Å². The van der Waals surface area contributed by atoms with Gasteiger partial charge in [-0.15, -0.1) is 0 Å². The number of hydrogen-bond acceptors (Lipinski definition) is 4. The third kappa shape index (κ3) is 4.14. The SMILES string of the molecule is CC(=O)OCCN(C(C)=O)c1ccc(O)cc1. The predicted molar refractivity (Wildman–Crippen MR) is 62.8 cm³/mol. The number of carbonyl (C=O) groups is 2. The van der Waals surface area contributed by atoms with Crippen LogP contribution in [0.1, 0.15) is 13.8 Å². The molecule has 0 fully saturated rings. The first-order valence-electron chi connectivity index (χ1n) is 5.21. The number of anilines is 1. The molecule has 1 amide bonds. The van der Waals surface area contributed by atoms with Gasteiger partial charge in [0, 0.05) is 19.5 Å². The minimum absolute atomic E-state index is 0.136. The van der Waals surface area contributed by atoms with Gasteiger partial charge in [-0.1, -0.05) is 0 Å². The number of benzene rings is 1. The molecule has 1 rings (SSSR count). The van der Waals surface area contributed by atoms with Crippen molar-refractivity contribution in [1.82, 2.24) is 0 Å². The predicted octanol–water partition coefficient (Wildman–Crippen LogP) is 1.31. The number of phenols is 1. The largest absolute Gasteiger partial charge is 0.508 e. The Kier molecular flexibility index (Phi) is 4.51. The molecule has 0 heterocycles. The molecular formula is C12H15NO4. The average Bonchev–Trinajstić information content (AvgIpc) is 2.25. The average molecular weight is 237 g/mol. The van der Waals surface area contributed by atoms with Gasteiger partial charge in [0.25, 0.3) is 0 Å². The summed E-state index contributed by atoms with van der Waals surface area (Å²) in [5.41, 5.74) is 0.655. The smallest absolute Gasteiger partial charge is 0.302 e. The van der Waals surface area contributed by atoms with Crippen LogP contribution in [0, 0.1) is 0 Å². The highest BCUT2D eigenvalue weighted by atomic mass is 16.5.